The summed E-state index contributed by atoms with van der Waals surface area (Å²) in [5.74, 6) is -0.793. The summed E-state index contributed by atoms with van der Waals surface area (Å²) in [6.07, 6.45) is 1.71. The monoisotopic (exact) mass is 293 g/mol. The molecule has 2 rings (SSSR count). The van der Waals surface area contributed by atoms with Gasteiger partial charge in [-0.3, -0.25) is 4.79 Å². The van der Waals surface area contributed by atoms with Gasteiger partial charge in [-0.15, -0.1) is 0 Å². The van der Waals surface area contributed by atoms with Gasteiger partial charge in [-0.25, -0.2) is 4.79 Å². The zero-order valence-electron chi connectivity index (χ0n) is 11.9. The van der Waals surface area contributed by atoms with E-state index in [2.05, 4.69) is 5.32 Å². The fourth-order valence-corrected chi connectivity index (χ4v) is 1.93. The normalized spacial score (nSPS) is 15.3. The highest BCUT2D eigenvalue weighted by atomic mass is 16.5. The van der Waals surface area contributed by atoms with Crippen molar-refractivity contribution in [3.8, 4) is 5.75 Å². The molecule has 1 aliphatic carbocycles. The van der Waals surface area contributed by atoms with Gasteiger partial charge in [0.2, 0.25) is 0 Å². The zero-order valence-corrected chi connectivity index (χ0v) is 11.9. The number of benzene rings is 1. The highest BCUT2D eigenvalue weighted by molar-refractivity contribution is 5.99. The lowest BCUT2D eigenvalue weighted by Crippen LogP contribution is -2.43. The van der Waals surface area contributed by atoms with Gasteiger partial charge in [0.25, 0.3) is 5.91 Å². The third-order valence-electron chi connectivity index (χ3n) is 3.37. The van der Waals surface area contributed by atoms with Gasteiger partial charge < -0.3 is 19.9 Å². The number of methoxy groups -OCH3 is 1. The van der Waals surface area contributed by atoms with E-state index in [1.807, 2.05) is 0 Å². The van der Waals surface area contributed by atoms with Crippen LogP contribution in [0.15, 0.2) is 24.3 Å². The summed E-state index contributed by atoms with van der Waals surface area (Å²) in [5, 5.41) is 11.6. The van der Waals surface area contributed by atoms with Crippen molar-refractivity contribution in [2.75, 3.05) is 20.3 Å². The quantitative estimate of drug-likeness (QED) is 0.709. The van der Waals surface area contributed by atoms with E-state index in [1.165, 1.54) is 0 Å². The van der Waals surface area contributed by atoms with Gasteiger partial charge in [0, 0.05) is 25.7 Å². The fourth-order valence-electron chi connectivity index (χ4n) is 1.93. The van der Waals surface area contributed by atoms with Crippen LogP contribution in [0.5, 0.6) is 5.75 Å². The molecule has 0 heterocycles. The Bertz CT molecular complexity index is 525. The van der Waals surface area contributed by atoms with E-state index in [4.69, 9.17) is 14.6 Å². The molecule has 21 heavy (non-hydrogen) atoms. The molecule has 114 valence electrons. The van der Waals surface area contributed by atoms with Crippen LogP contribution in [0.1, 0.15) is 29.6 Å². The number of rotatable bonds is 8. The molecule has 0 aliphatic heterocycles. The first kappa shape index (κ1) is 15.3. The molecular formula is C15H19NO5. The predicted octanol–water partition coefficient (Wildman–Crippen LogP) is 1.45. The van der Waals surface area contributed by atoms with Crippen molar-refractivity contribution in [3.63, 3.8) is 0 Å². The number of aliphatic carboxylic acids is 1. The minimum absolute atomic E-state index is 0.391. The first-order valence-electron chi connectivity index (χ1n) is 6.85. The van der Waals surface area contributed by atoms with Gasteiger partial charge in [-0.1, -0.05) is 6.07 Å². The first-order valence-corrected chi connectivity index (χ1v) is 6.85. The number of ether oxygens (including phenoxy) is 2. The summed E-state index contributed by atoms with van der Waals surface area (Å²) in [6, 6.07) is 6.71. The highest BCUT2D eigenvalue weighted by Crippen LogP contribution is 2.35. The average Bonchev–Trinajstić information content (AvgIpc) is 3.25. The van der Waals surface area contributed by atoms with Crippen LogP contribution in [0.3, 0.4) is 0 Å². The van der Waals surface area contributed by atoms with Crippen LogP contribution in [0.4, 0.5) is 0 Å². The van der Waals surface area contributed by atoms with Crippen LogP contribution in [0.25, 0.3) is 0 Å². The van der Waals surface area contributed by atoms with E-state index in [9.17, 15) is 9.59 Å². The molecule has 1 aliphatic rings. The molecule has 1 amide bonds. The minimum Gasteiger partial charge on any atom is -0.493 e. The summed E-state index contributed by atoms with van der Waals surface area (Å²) in [7, 11) is 1.63. The molecule has 0 bridgehead atoms. The SMILES string of the molecule is COCCCOc1cccc(C(=O)NC2(C(=O)O)CC2)c1. The van der Waals surface area contributed by atoms with Crippen LogP contribution < -0.4 is 10.1 Å². The number of carboxylic acids is 1. The van der Waals surface area contributed by atoms with Gasteiger partial charge in [-0.2, -0.15) is 0 Å². The van der Waals surface area contributed by atoms with E-state index in [-0.39, 0.29) is 0 Å². The molecule has 0 unspecified atom stereocenters. The molecule has 0 atom stereocenters. The Balaban J connectivity index is 1.94. The van der Waals surface area contributed by atoms with E-state index in [0.717, 1.165) is 6.42 Å². The Morgan fingerprint density at radius 1 is 1.33 bits per heavy atom. The first-order chi connectivity index (χ1) is 10.1. The van der Waals surface area contributed by atoms with Crippen molar-refractivity contribution in [1.29, 1.82) is 0 Å². The Morgan fingerprint density at radius 2 is 2.10 bits per heavy atom. The molecule has 1 saturated carbocycles. The van der Waals surface area contributed by atoms with E-state index in [0.29, 0.717) is 37.4 Å². The van der Waals surface area contributed by atoms with Crippen molar-refractivity contribution in [2.24, 2.45) is 0 Å². The number of amides is 1. The lowest BCUT2D eigenvalue weighted by atomic mass is 10.1. The maximum Gasteiger partial charge on any atom is 0.329 e. The fraction of sp³-hybridized carbons (Fsp3) is 0.467. The van der Waals surface area contributed by atoms with Gasteiger partial charge >= 0.3 is 5.97 Å². The van der Waals surface area contributed by atoms with Crippen molar-refractivity contribution in [2.45, 2.75) is 24.8 Å². The minimum atomic E-state index is -1.08. The van der Waals surface area contributed by atoms with E-state index < -0.39 is 17.4 Å². The largest absolute Gasteiger partial charge is 0.493 e. The third kappa shape index (κ3) is 3.95. The Kier molecular flexibility index (Phi) is 4.80. The topological polar surface area (TPSA) is 84.9 Å². The highest BCUT2D eigenvalue weighted by Gasteiger charge is 2.51. The van der Waals surface area contributed by atoms with Gasteiger partial charge in [0.15, 0.2) is 0 Å². The molecule has 0 spiro atoms. The van der Waals surface area contributed by atoms with Crippen LogP contribution >= 0.6 is 0 Å². The zero-order chi connectivity index (χ0) is 15.3. The van der Waals surface area contributed by atoms with Crippen molar-refractivity contribution >= 4 is 11.9 Å². The van der Waals surface area contributed by atoms with E-state index >= 15 is 0 Å². The summed E-state index contributed by atoms with van der Waals surface area (Å²) in [4.78, 5) is 23.2. The van der Waals surface area contributed by atoms with Gasteiger partial charge in [-0.05, 0) is 31.0 Å². The van der Waals surface area contributed by atoms with Crippen molar-refractivity contribution in [3.05, 3.63) is 29.8 Å². The summed E-state index contributed by atoms with van der Waals surface area (Å²) in [6.45, 7) is 1.11. The third-order valence-corrected chi connectivity index (χ3v) is 3.37. The Labute approximate surface area is 123 Å². The lowest BCUT2D eigenvalue weighted by molar-refractivity contribution is -0.140. The van der Waals surface area contributed by atoms with E-state index in [1.54, 1.807) is 31.4 Å². The molecule has 6 nitrogen and oxygen atoms in total. The maximum atomic E-state index is 12.1. The standard InChI is InChI=1S/C15H19NO5/c1-20-8-3-9-21-12-5-2-4-11(10-12)13(17)16-15(6-7-15)14(18)19/h2,4-5,10H,3,6-9H2,1H3,(H,16,17)(H,18,19). The number of carbonyl (C=O) groups excluding carboxylic acids is 1. The van der Waals surface area contributed by atoms with Crippen LogP contribution in [-0.4, -0.2) is 42.8 Å². The molecule has 1 aromatic carbocycles. The molecule has 6 heteroatoms. The van der Waals surface area contributed by atoms with Gasteiger partial charge in [0.05, 0.1) is 6.61 Å². The Morgan fingerprint density at radius 3 is 2.71 bits per heavy atom. The molecule has 1 aromatic rings. The van der Waals surface area contributed by atoms with Crippen LogP contribution in [0.2, 0.25) is 0 Å². The van der Waals surface area contributed by atoms with Crippen molar-refractivity contribution < 1.29 is 24.2 Å². The average molecular weight is 293 g/mol. The maximum absolute atomic E-state index is 12.1. The molecule has 1 fully saturated rings. The molecule has 0 radical (unpaired) electrons. The second-order valence-electron chi connectivity index (χ2n) is 5.06. The molecule has 2 N–H and O–H groups in total. The number of nitrogens with one attached hydrogen (secondary N) is 1. The number of hydrogen-bond donors (Lipinski definition) is 2. The summed E-state index contributed by atoms with van der Waals surface area (Å²) < 4.78 is 10.4. The smallest absolute Gasteiger partial charge is 0.329 e. The van der Waals surface area contributed by atoms with Gasteiger partial charge in [0.1, 0.15) is 11.3 Å². The lowest BCUT2D eigenvalue weighted by Gasteiger charge is -2.13. The summed E-state index contributed by atoms with van der Waals surface area (Å²) >= 11 is 0. The number of carboxylic acid groups (broad SMARTS) is 1. The van der Waals surface area contributed by atoms with Crippen LogP contribution in [0, 0.1) is 0 Å². The Hall–Kier alpha value is -2.08. The summed E-state index contributed by atoms with van der Waals surface area (Å²) in [5.41, 5.74) is -0.682. The van der Waals surface area contributed by atoms with Crippen molar-refractivity contribution in [1.82, 2.24) is 5.32 Å². The second kappa shape index (κ2) is 6.58. The number of carbonyl (C=O) groups is 2. The molecule has 0 saturated heterocycles. The number of hydrogen-bond acceptors (Lipinski definition) is 4. The predicted molar refractivity (Wildman–Crippen MR) is 75.5 cm³/mol. The molecule has 0 aromatic heterocycles. The second-order valence-corrected chi connectivity index (χ2v) is 5.06. The van der Waals surface area contributed by atoms with Crippen LogP contribution in [-0.2, 0) is 9.53 Å². The molecular weight excluding hydrogens is 274 g/mol.